The van der Waals surface area contributed by atoms with Gasteiger partial charge in [0.25, 0.3) is 5.91 Å². The normalized spacial score (nSPS) is 13.5. The number of likely N-dealkylation sites (N-methyl/N-ethyl adjacent to an activating group) is 1. The van der Waals surface area contributed by atoms with Crippen molar-refractivity contribution in [3.63, 3.8) is 0 Å². The Balaban J connectivity index is 0.000000174. The minimum atomic E-state index is -0.173. The van der Waals surface area contributed by atoms with Crippen LogP contribution in [-0.2, 0) is 13.0 Å². The maximum absolute atomic E-state index is 11.1. The lowest BCUT2D eigenvalue weighted by molar-refractivity contribution is 0.0963. The van der Waals surface area contributed by atoms with E-state index in [0.717, 1.165) is 6.54 Å². The maximum Gasteiger partial charge on any atom is 0.251 e. The first kappa shape index (κ1) is 18.8. The number of nitrogens with one attached hydrogen (secondary N) is 1. The highest BCUT2D eigenvalue weighted by Gasteiger charge is 2.11. The average Bonchev–Trinajstić information content (AvgIpc) is 2.57. The second-order valence-electron chi connectivity index (χ2n) is 5.97. The van der Waals surface area contributed by atoms with Gasteiger partial charge in [0.05, 0.1) is 10.0 Å². The van der Waals surface area contributed by atoms with Gasteiger partial charge in [-0.15, -0.1) is 0 Å². The summed E-state index contributed by atoms with van der Waals surface area (Å²) in [6.45, 7) is 4.49. The molecule has 0 saturated carbocycles. The molecule has 0 fully saturated rings. The van der Waals surface area contributed by atoms with Crippen molar-refractivity contribution in [2.45, 2.75) is 19.9 Å². The van der Waals surface area contributed by atoms with Crippen molar-refractivity contribution >= 4 is 29.1 Å². The number of hydrogen-bond acceptors (Lipinski definition) is 2. The second kappa shape index (κ2) is 8.52. The van der Waals surface area contributed by atoms with Gasteiger partial charge in [-0.05, 0) is 49.7 Å². The van der Waals surface area contributed by atoms with Crippen LogP contribution in [0.4, 0.5) is 0 Å². The monoisotopic (exact) mass is 364 g/mol. The van der Waals surface area contributed by atoms with Crippen molar-refractivity contribution in [1.82, 2.24) is 10.2 Å². The fourth-order valence-corrected chi connectivity index (χ4v) is 2.90. The van der Waals surface area contributed by atoms with Crippen LogP contribution in [0, 0.1) is 6.92 Å². The Bertz CT molecular complexity index is 731. The molecule has 0 unspecified atom stereocenters. The molecule has 3 nitrogen and oxygen atoms in total. The van der Waals surface area contributed by atoms with Gasteiger partial charge in [-0.2, -0.15) is 0 Å². The van der Waals surface area contributed by atoms with Crippen LogP contribution in [-0.4, -0.2) is 31.4 Å². The Kier molecular flexibility index (Phi) is 6.67. The van der Waals surface area contributed by atoms with E-state index in [1.807, 2.05) is 0 Å². The molecule has 1 heterocycles. The number of amides is 1. The Morgan fingerprint density at radius 3 is 2.50 bits per heavy atom. The van der Waals surface area contributed by atoms with Crippen LogP contribution in [0.2, 0.25) is 10.0 Å². The molecule has 0 saturated heterocycles. The molecule has 0 aliphatic carbocycles. The molecule has 1 amide bonds. The molecule has 128 valence electrons. The van der Waals surface area contributed by atoms with E-state index in [2.05, 4.69) is 42.4 Å². The van der Waals surface area contributed by atoms with Crippen molar-refractivity contribution in [2.24, 2.45) is 0 Å². The first-order chi connectivity index (χ1) is 11.4. The summed E-state index contributed by atoms with van der Waals surface area (Å²) < 4.78 is 0. The van der Waals surface area contributed by atoms with E-state index in [-0.39, 0.29) is 5.91 Å². The fourth-order valence-electron chi connectivity index (χ4n) is 2.60. The molecule has 1 aliphatic rings. The van der Waals surface area contributed by atoms with Crippen molar-refractivity contribution < 1.29 is 4.79 Å². The van der Waals surface area contributed by atoms with Crippen LogP contribution in [0.25, 0.3) is 0 Å². The summed E-state index contributed by atoms with van der Waals surface area (Å²) in [6.07, 6.45) is 1.22. The number of aryl methyl sites for hydroxylation is 1. The third-order valence-corrected chi connectivity index (χ3v) is 4.71. The second-order valence-corrected chi connectivity index (χ2v) is 6.78. The quantitative estimate of drug-likeness (QED) is 0.816. The molecule has 1 N–H and O–H groups in total. The van der Waals surface area contributed by atoms with Gasteiger partial charge in [-0.3, -0.25) is 4.79 Å². The molecule has 2 aromatic rings. The zero-order valence-corrected chi connectivity index (χ0v) is 15.7. The van der Waals surface area contributed by atoms with Crippen molar-refractivity contribution in [2.75, 3.05) is 20.6 Å². The summed E-state index contributed by atoms with van der Waals surface area (Å²) in [6, 6.07) is 11.5. The van der Waals surface area contributed by atoms with Crippen LogP contribution in [0.5, 0.6) is 0 Å². The lowest BCUT2D eigenvalue weighted by Crippen LogP contribution is -2.26. The summed E-state index contributed by atoms with van der Waals surface area (Å²) >= 11 is 11.4. The first-order valence-corrected chi connectivity index (χ1v) is 8.60. The third-order valence-electron chi connectivity index (χ3n) is 3.97. The smallest absolute Gasteiger partial charge is 0.251 e. The molecule has 2 aromatic carbocycles. The molecule has 24 heavy (non-hydrogen) atoms. The van der Waals surface area contributed by atoms with Gasteiger partial charge in [-0.1, -0.05) is 47.0 Å². The van der Waals surface area contributed by atoms with E-state index < -0.39 is 0 Å². The summed E-state index contributed by atoms with van der Waals surface area (Å²) in [5.74, 6) is -0.173. The predicted molar refractivity (Wildman–Crippen MR) is 101 cm³/mol. The number of nitrogens with zero attached hydrogens (tertiary/aromatic N) is 1. The number of fused-ring (bicyclic) bond motifs is 1. The van der Waals surface area contributed by atoms with Crippen molar-refractivity contribution in [3.05, 3.63) is 68.7 Å². The molecule has 3 rings (SSSR count). The topological polar surface area (TPSA) is 32.3 Å². The van der Waals surface area contributed by atoms with Gasteiger partial charge >= 0.3 is 0 Å². The highest BCUT2D eigenvalue weighted by molar-refractivity contribution is 6.42. The molecule has 0 spiro atoms. The lowest BCUT2D eigenvalue weighted by Gasteiger charge is -2.24. The van der Waals surface area contributed by atoms with E-state index >= 15 is 0 Å². The highest BCUT2D eigenvalue weighted by Crippen LogP contribution is 2.22. The third kappa shape index (κ3) is 4.97. The summed E-state index contributed by atoms with van der Waals surface area (Å²) in [4.78, 5) is 13.4. The van der Waals surface area contributed by atoms with Crippen LogP contribution < -0.4 is 5.32 Å². The molecular weight excluding hydrogens is 343 g/mol. The highest BCUT2D eigenvalue weighted by atomic mass is 35.5. The van der Waals surface area contributed by atoms with Gasteiger partial charge in [0.2, 0.25) is 0 Å². The van der Waals surface area contributed by atoms with E-state index in [9.17, 15) is 4.79 Å². The molecular formula is C19H22Cl2N2O. The average molecular weight is 365 g/mol. The standard InChI is InChI=1S/C11H15N.C8H7Cl2NO/c1-9-3-4-11-8-12(2)6-5-10(11)7-9;1-11-8(12)5-2-3-6(9)7(10)4-5/h3-4,7H,5-6,8H2,1-2H3;2-4H,1H3,(H,11,12). The summed E-state index contributed by atoms with van der Waals surface area (Å²) in [5, 5.41) is 3.32. The van der Waals surface area contributed by atoms with E-state index in [1.165, 1.54) is 30.2 Å². The minimum absolute atomic E-state index is 0.173. The zero-order valence-electron chi connectivity index (χ0n) is 14.2. The number of hydrogen-bond donors (Lipinski definition) is 1. The van der Waals surface area contributed by atoms with Gasteiger partial charge in [0, 0.05) is 25.7 Å². The molecule has 5 heteroatoms. The Morgan fingerprint density at radius 1 is 1.08 bits per heavy atom. The molecule has 0 radical (unpaired) electrons. The van der Waals surface area contributed by atoms with Crippen LogP contribution >= 0.6 is 23.2 Å². The number of benzene rings is 2. The predicted octanol–water partition coefficient (Wildman–Crippen LogP) is 4.34. The lowest BCUT2D eigenvalue weighted by atomic mass is 9.98. The maximum atomic E-state index is 11.1. The molecule has 0 bridgehead atoms. The summed E-state index contributed by atoms with van der Waals surface area (Å²) in [5.41, 5.74) is 4.95. The van der Waals surface area contributed by atoms with E-state index in [1.54, 1.807) is 24.7 Å². The van der Waals surface area contributed by atoms with E-state index in [4.69, 9.17) is 23.2 Å². The molecule has 0 aromatic heterocycles. The summed E-state index contributed by atoms with van der Waals surface area (Å²) in [7, 11) is 3.74. The SMILES string of the molecule is CNC(=O)c1ccc(Cl)c(Cl)c1.Cc1ccc2c(c1)CCN(C)C2. The Labute approximate surface area is 153 Å². The van der Waals surface area contributed by atoms with Crippen LogP contribution in [0.3, 0.4) is 0 Å². The van der Waals surface area contributed by atoms with E-state index in [0.29, 0.717) is 15.6 Å². The molecule has 1 aliphatic heterocycles. The van der Waals surface area contributed by atoms with Gasteiger partial charge in [0.15, 0.2) is 0 Å². The number of carbonyl (C=O) groups excluding carboxylic acids is 1. The number of halogens is 2. The van der Waals surface area contributed by atoms with Crippen molar-refractivity contribution in [3.8, 4) is 0 Å². The Hall–Kier alpha value is -1.55. The molecule has 0 atom stereocenters. The first-order valence-electron chi connectivity index (χ1n) is 7.84. The van der Waals surface area contributed by atoms with Gasteiger partial charge in [-0.25, -0.2) is 0 Å². The van der Waals surface area contributed by atoms with Crippen LogP contribution in [0.1, 0.15) is 27.0 Å². The largest absolute Gasteiger partial charge is 0.355 e. The Morgan fingerprint density at radius 2 is 1.83 bits per heavy atom. The number of rotatable bonds is 1. The minimum Gasteiger partial charge on any atom is -0.355 e. The number of carbonyl (C=O) groups is 1. The fraction of sp³-hybridized carbons (Fsp3) is 0.316. The van der Waals surface area contributed by atoms with Crippen LogP contribution in [0.15, 0.2) is 36.4 Å². The zero-order chi connectivity index (χ0) is 17.7. The van der Waals surface area contributed by atoms with Crippen molar-refractivity contribution in [1.29, 1.82) is 0 Å². The van der Waals surface area contributed by atoms with Gasteiger partial charge in [0.1, 0.15) is 0 Å². The van der Waals surface area contributed by atoms with Gasteiger partial charge < -0.3 is 10.2 Å².